The van der Waals surface area contributed by atoms with E-state index in [0.717, 1.165) is 17.5 Å². The van der Waals surface area contributed by atoms with Crippen LogP contribution in [0.5, 0.6) is 0 Å². The molecule has 25 heavy (non-hydrogen) atoms. The Labute approximate surface area is 150 Å². The maximum absolute atomic E-state index is 11.8. The minimum atomic E-state index is -0.509. The minimum absolute atomic E-state index is 0.0131. The number of ether oxygens (including phenoxy) is 1. The number of hydrogen-bond acceptors (Lipinski definition) is 7. The van der Waals surface area contributed by atoms with Crippen LogP contribution < -0.4 is 0 Å². The fraction of sp³-hybridized carbons (Fsp3) is 0.235. The Hall–Kier alpha value is -2.74. The van der Waals surface area contributed by atoms with Crippen molar-refractivity contribution in [3.63, 3.8) is 0 Å². The summed E-state index contributed by atoms with van der Waals surface area (Å²) in [4.78, 5) is 37.6. The summed E-state index contributed by atoms with van der Waals surface area (Å²) in [5, 5.41) is 0.438. The average Bonchev–Trinajstić information content (AvgIpc) is 2.66. The third-order valence-electron chi connectivity index (χ3n) is 3.12. The van der Waals surface area contributed by atoms with E-state index < -0.39 is 5.97 Å². The molecule has 8 heteroatoms. The first kappa shape index (κ1) is 18.6. The number of pyridine rings is 1. The molecule has 0 fully saturated rings. The monoisotopic (exact) mass is 358 g/mol. The molecule has 0 spiro atoms. The molecule has 0 aliphatic rings. The topological polar surface area (TPSA) is 85.3 Å². The molecule has 0 unspecified atom stereocenters. The molecule has 2 heterocycles. The Morgan fingerprint density at radius 3 is 2.76 bits per heavy atom. The second kappa shape index (κ2) is 9.53. The molecule has 2 rings (SSSR count). The van der Waals surface area contributed by atoms with E-state index in [9.17, 15) is 9.59 Å². The van der Waals surface area contributed by atoms with Crippen LogP contribution in [-0.2, 0) is 14.3 Å². The van der Waals surface area contributed by atoms with Crippen LogP contribution in [-0.4, -0.2) is 50.6 Å². The molecule has 0 bridgehead atoms. The summed E-state index contributed by atoms with van der Waals surface area (Å²) >= 11 is 1.14. The van der Waals surface area contributed by atoms with Crippen molar-refractivity contribution in [2.75, 3.05) is 18.9 Å². The standard InChI is InChI=1S/C17H18N4O3S/c1-3-21(4-2)15(22)11-24-16(23)12-25-17-19-10-8-14(20-17)13-7-5-6-9-18-13/h3,5-10H,1,4,11-12H2,2H3. The van der Waals surface area contributed by atoms with Crippen LogP contribution in [0.1, 0.15) is 6.92 Å². The fourth-order valence-electron chi connectivity index (χ4n) is 1.86. The molecule has 0 aliphatic carbocycles. The summed E-state index contributed by atoms with van der Waals surface area (Å²) in [5.41, 5.74) is 1.40. The highest BCUT2D eigenvalue weighted by molar-refractivity contribution is 7.99. The first-order chi connectivity index (χ1) is 12.1. The van der Waals surface area contributed by atoms with Crippen molar-refractivity contribution in [3.05, 3.63) is 49.4 Å². The van der Waals surface area contributed by atoms with Gasteiger partial charge in [0.05, 0.1) is 17.1 Å². The van der Waals surface area contributed by atoms with Gasteiger partial charge >= 0.3 is 5.97 Å². The molecule has 130 valence electrons. The number of amides is 1. The molecular weight excluding hydrogens is 340 g/mol. The first-order valence-corrected chi connectivity index (χ1v) is 8.57. The zero-order valence-electron chi connectivity index (χ0n) is 13.8. The first-order valence-electron chi connectivity index (χ1n) is 7.59. The molecule has 1 amide bonds. The number of aromatic nitrogens is 3. The smallest absolute Gasteiger partial charge is 0.316 e. The van der Waals surface area contributed by atoms with Gasteiger partial charge in [0.25, 0.3) is 5.91 Å². The van der Waals surface area contributed by atoms with Gasteiger partial charge in [0.1, 0.15) is 0 Å². The minimum Gasteiger partial charge on any atom is -0.455 e. The molecular formula is C17H18N4O3S. The zero-order chi connectivity index (χ0) is 18.1. The number of nitrogens with zero attached hydrogens (tertiary/aromatic N) is 4. The lowest BCUT2D eigenvalue weighted by molar-refractivity contribution is -0.148. The average molecular weight is 358 g/mol. The van der Waals surface area contributed by atoms with Crippen molar-refractivity contribution in [1.82, 2.24) is 19.9 Å². The summed E-state index contributed by atoms with van der Waals surface area (Å²) in [7, 11) is 0. The number of esters is 1. The second-order valence-corrected chi connectivity index (χ2v) is 5.69. The Bertz CT molecular complexity index is 740. The van der Waals surface area contributed by atoms with Gasteiger partial charge in [-0.3, -0.25) is 14.6 Å². The summed E-state index contributed by atoms with van der Waals surface area (Å²) in [6, 6.07) is 7.28. The molecule has 0 aromatic carbocycles. The van der Waals surface area contributed by atoms with Gasteiger partial charge in [0, 0.05) is 18.9 Å². The fourth-order valence-corrected chi connectivity index (χ4v) is 2.49. The SMILES string of the molecule is C=CN(CC)C(=O)COC(=O)CSc1nccc(-c2ccccn2)n1. The van der Waals surface area contributed by atoms with Gasteiger partial charge < -0.3 is 9.64 Å². The summed E-state index contributed by atoms with van der Waals surface area (Å²) in [6.45, 7) is 5.50. The van der Waals surface area contributed by atoms with Crippen molar-refractivity contribution in [1.29, 1.82) is 0 Å². The van der Waals surface area contributed by atoms with Crippen molar-refractivity contribution in [2.45, 2.75) is 12.1 Å². The number of thioether (sulfide) groups is 1. The Morgan fingerprint density at radius 1 is 1.24 bits per heavy atom. The Morgan fingerprint density at radius 2 is 2.08 bits per heavy atom. The van der Waals surface area contributed by atoms with Crippen LogP contribution in [0.3, 0.4) is 0 Å². The van der Waals surface area contributed by atoms with E-state index in [0.29, 0.717) is 17.4 Å². The number of carbonyl (C=O) groups is 2. The van der Waals surface area contributed by atoms with Gasteiger partial charge in [0.15, 0.2) is 11.8 Å². The predicted molar refractivity (Wildman–Crippen MR) is 94.5 cm³/mol. The Kier molecular flexibility index (Phi) is 7.09. The molecule has 0 radical (unpaired) electrons. The van der Waals surface area contributed by atoms with Gasteiger partial charge in [-0.2, -0.15) is 0 Å². The second-order valence-electron chi connectivity index (χ2n) is 4.75. The third-order valence-corrected chi connectivity index (χ3v) is 3.95. The highest BCUT2D eigenvalue weighted by atomic mass is 32.2. The normalized spacial score (nSPS) is 10.1. The number of rotatable bonds is 8. The predicted octanol–water partition coefficient (Wildman–Crippen LogP) is 2.17. The van der Waals surface area contributed by atoms with E-state index >= 15 is 0 Å². The summed E-state index contributed by atoms with van der Waals surface area (Å²) in [6.07, 6.45) is 4.70. The lowest BCUT2D eigenvalue weighted by Crippen LogP contribution is -2.30. The Balaban J connectivity index is 1.86. The van der Waals surface area contributed by atoms with Crippen molar-refractivity contribution < 1.29 is 14.3 Å². The van der Waals surface area contributed by atoms with E-state index in [2.05, 4.69) is 21.5 Å². The number of hydrogen-bond donors (Lipinski definition) is 0. The van der Waals surface area contributed by atoms with Gasteiger partial charge in [-0.1, -0.05) is 24.4 Å². The van der Waals surface area contributed by atoms with E-state index in [-0.39, 0.29) is 18.3 Å². The largest absolute Gasteiger partial charge is 0.455 e. The molecule has 0 atom stereocenters. The van der Waals surface area contributed by atoms with Crippen LogP contribution >= 0.6 is 11.8 Å². The van der Waals surface area contributed by atoms with Gasteiger partial charge in [0.2, 0.25) is 0 Å². The van der Waals surface area contributed by atoms with Crippen LogP contribution in [0, 0.1) is 0 Å². The van der Waals surface area contributed by atoms with Crippen molar-refractivity contribution >= 4 is 23.6 Å². The molecule has 0 aliphatic heterocycles. The lowest BCUT2D eigenvalue weighted by Gasteiger charge is -2.14. The van der Waals surface area contributed by atoms with E-state index in [1.54, 1.807) is 18.5 Å². The van der Waals surface area contributed by atoms with Crippen molar-refractivity contribution in [3.8, 4) is 11.4 Å². The maximum Gasteiger partial charge on any atom is 0.316 e. The molecule has 7 nitrogen and oxygen atoms in total. The van der Waals surface area contributed by atoms with Crippen LogP contribution in [0.15, 0.2) is 54.6 Å². The number of carbonyl (C=O) groups excluding carboxylic acids is 2. The third kappa shape index (κ3) is 5.68. The van der Waals surface area contributed by atoms with E-state index in [4.69, 9.17) is 4.74 Å². The quantitative estimate of drug-likeness (QED) is 0.406. The molecule has 0 saturated carbocycles. The van der Waals surface area contributed by atoms with E-state index in [1.165, 1.54) is 11.1 Å². The lowest BCUT2D eigenvalue weighted by atomic mass is 10.3. The molecule has 2 aromatic rings. The highest BCUT2D eigenvalue weighted by Gasteiger charge is 2.13. The van der Waals surface area contributed by atoms with Gasteiger partial charge in [-0.05, 0) is 31.3 Å². The number of likely N-dealkylation sites (N-methyl/N-ethyl adjacent to an activating group) is 1. The maximum atomic E-state index is 11.8. The van der Waals surface area contributed by atoms with Crippen molar-refractivity contribution in [2.24, 2.45) is 0 Å². The molecule has 0 saturated heterocycles. The summed E-state index contributed by atoms with van der Waals surface area (Å²) < 4.78 is 4.96. The van der Waals surface area contributed by atoms with E-state index in [1.807, 2.05) is 25.1 Å². The highest BCUT2D eigenvalue weighted by Crippen LogP contribution is 2.18. The van der Waals surface area contributed by atoms with Crippen LogP contribution in [0.4, 0.5) is 0 Å². The molecule has 2 aromatic heterocycles. The van der Waals surface area contributed by atoms with Gasteiger partial charge in [-0.15, -0.1) is 0 Å². The van der Waals surface area contributed by atoms with Gasteiger partial charge in [-0.25, -0.2) is 9.97 Å². The van der Waals surface area contributed by atoms with Crippen LogP contribution in [0.25, 0.3) is 11.4 Å². The zero-order valence-corrected chi connectivity index (χ0v) is 14.6. The van der Waals surface area contributed by atoms with Crippen LogP contribution in [0.2, 0.25) is 0 Å². The molecule has 0 N–H and O–H groups in total. The summed E-state index contributed by atoms with van der Waals surface area (Å²) in [5.74, 6) is -0.811.